The summed E-state index contributed by atoms with van der Waals surface area (Å²) in [5.41, 5.74) is 10.7. The number of rotatable bonds is 6. The van der Waals surface area contributed by atoms with Crippen molar-refractivity contribution in [1.82, 2.24) is 24.8 Å². The largest absolute Gasteiger partial charge is 0.399 e. The van der Waals surface area contributed by atoms with Crippen molar-refractivity contribution in [1.29, 1.82) is 0 Å². The SMILES string of the molecule is CNC(=O)C1CCCN1C(=O)C(N(N)/C=C(\N)Cn1cnc2cc(C)c(C)cc21)C(C)(C)C. The van der Waals surface area contributed by atoms with E-state index < -0.39 is 17.5 Å². The van der Waals surface area contributed by atoms with Crippen LogP contribution in [0.1, 0.15) is 44.7 Å². The highest BCUT2D eigenvalue weighted by molar-refractivity contribution is 5.90. The normalized spacial score (nSPS) is 18.0. The summed E-state index contributed by atoms with van der Waals surface area (Å²) in [6.45, 7) is 10.9. The second kappa shape index (κ2) is 9.43. The summed E-state index contributed by atoms with van der Waals surface area (Å²) in [6.07, 6.45) is 4.81. The number of carbonyl (C=O) groups excluding carboxylic acids is 2. The fraction of sp³-hybridized carbons (Fsp3) is 0.542. The number of imidazole rings is 1. The van der Waals surface area contributed by atoms with E-state index in [1.165, 1.54) is 16.1 Å². The van der Waals surface area contributed by atoms with Gasteiger partial charge in [0.05, 0.1) is 23.9 Å². The van der Waals surface area contributed by atoms with Crippen LogP contribution >= 0.6 is 0 Å². The van der Waals surface area contributed by atoms with Gasteiger partial charge in [-0.3, -0.25) is 9.59 Å². The average molecular weight is 456 g/mol. The lowest BCUT2D eigenvalue weighted by atomic mass is 9.85. The lowest BCUT2D eigenvalue weighted by molar-refractivity contribution is -0.145. The Morgan fingerprint density at radius 3 is 2.61 bits per heavy atom. The van der Waals surface area contributed by atoms with E-state index in [-0.39, 0.29) is 11.8 Å². The molecule has 0 radical (unpaired) electrons. The lowest BCUT2D eigenvalue weighted by Crippen LogP contribution is -2.58. The number of likely N-dealkylation sites (N-methyl/N-ethyl adjacent to an activating group) is 1. The van der Waals surface area contributed by atoms with Gasteiger partial charge in [0.1, 0.15) is 12.1 Å². The first-order chi connectivity index (χ1) is 15.4. The molecule has 1 fully saturated rings. The second-order valence-corrected chi connectivity index (χ2v) is 10.0. The smallest absolute Gasteiger partial charge is 0.248 e. The van der Waals surface area contributed by atoms with E-state index in [2.05, 4.69) is 36.3 Å². The highest BCUT2D eigenvalue weighted by atomic mass is 16.2. The fourth-order valence-corrected chi connectivity index (χ4v) is 4.51. The maximum atomic E-state index is 13.5. The Kier molecular flexibility index (Phi) is 7.02. The van der Waals surface area contributed by atoms with Gasteiger partial charge in [-0.2, -0.15) is 0 Å². The lowest BCUT2D eigenvalue weighted by Gasteiger charge is -2.39. The van der Waals surface area contributed by atoms with Gasteiger partial charge in [-0.15, -0.1) is 0 Å². The van der Waals surface area contributed by atoms with Crippen molar-refractivity contribution in [3.63, 3.8) is 0 Å². The van der Waals surface area contributed by atoms with Crippen LogP contribution in [0.15, 0.2) is 30.4 Å². The standard InChI is InChI=1S/C24H37N7O2/c1-15-10-18-20(11-16(15)2)29(14-28-18)12-17(25)13-31(26)21(24(3,4)5)23(33)30-9-7-8-19(30)22(32)27-6/h10-11,13-14,19,21H,7-9,12,25-26H2,1-6H3,(H,27,32)/b17-13-. The topological polar surface area (TPSA) is 123 Å². The molecule has 2 amide bonds. The van der Waals surface area contributed by atoms with E-state index in [9.17, 15) is 9.59 Å². The summed E-state index contributed by atoms with van der Waals surface area (Å²) >= 11 is 0. The number of allylic oxidation sites excluding steroid dienone is 1. The van der Waals surface area contributed by atoms with Gasteiger partial charge < -0.3 is 25.5 Å². The number of carbonyl (C=O) groups is 2. The van der Waals surface area contributed by atoms with E-state index in [4.69, 9.17) is 11.6 Å². The van der Waals surface area contributed by atoms with Crippen LogP contribution in [0.4, 0.5) is 0 Å². The summed E-state index contributed by atoms with van der Waals surface area (Å²) in [7, 11) is 1.59. The van der Waals surface area contributed by atoms with E-state index in [1.54, 1.807) is 24.5 Å². The maximum absolute atomic E-state index is 13.5. The quantitative estimate of drug-likeness (QED) is 0.451. The van der Waals surface area contributed by atoms with Crippen LogP contribution in [0.5, 0.6) is 0 Å². The number of amides is 2. The molecule has 3 rings (SSSR count). The van der Waals surface area contributed by atoms with Crippen LogP contribution in [0.3, 0.4) is 0 Å². The van der Waals surface area contributed by atoms with E-state index >= 15 is 0 Å². The third kappa shape index (κ3) is 5.13. The van der Waals surface area contributed by atoms with E-state index in [0.29, 0.717) is 25.2 Å². The third-order valence-electron chi connectivity index (χ3n) is 6.34. The number of nitrogens with zero attached hydrogens (tertiary/aromatic N) is 4. The zero-order valence-corrected chi connectivity index (χ0v) is 20.6. The molecular weight excluding hydrogens is 418 g/mol. The summed E-state index contributed by atoms with van der Waals surface area (Å²) in [5, 5.41) is 4.05. The Morgan fingerprint density at radius 2 is 1.97 bits per heavy atom. The average Bonchev–Trinajstić information content (AvgIpc) is 3.34. The molecule has 0 aliphatic carbocycles. The maximum Gasteiger partial charge on any atom is 0.248 e. The molecule has 1 aromatic heterocycles. The van der Waals surface area contributed by atoms with Crippen molar-refractivity contribution in [2.24, 2.45) is 17.0 Å². The highest BCUT2D eigenvalue weighted by Crippen LogP contribution is 2.29. The number of fused-ring (bicyclic) bond motifs is 1. The molecule has 1 aliphatic rings. The van der Waals surface area contributed by atoms with Crippen LogP contribution in [-0.4, -0.2) is 57.0 Å². The minimum absolute atomic E-state index is 0.148. The molecule has 9 nitrogen and oxygen atoms in total. The molecule has 33 heavy (non-hydrogen) atoms. The van der Waals surface area contributed by atoms with Crippen molar-refractivity contribution in [2.75, 3.05) is 13.6 Å². The number of nitrogens with one attached hydrogen (secondary N) is 1. The highest BCUT2D eigenvalue weighted by Gasteiger charge is 2.42. The number of hydrazine groups is 1. The van der Waals surface area contributed by atoms with Crippen LogP contribution in [0.2, 0.25) is 0 Å². The third-order valence-corrected chi connectivity index (χ3v) is 6.34. The predicted molar refractivity (Wildman–Crippen MR) is 130 cm³/mol. The number of hydrogen-bond acceptors (Lipinski definition) is 6. The number of aromatic nitrogens is 2. The molecule has 180 valence electrons. The van der Waals surface area contributed by atoms with Gasteiger partial charge in [0, 0.05) is 25.5 Å². The number of nitrogens with two attached hydrogens (primary N) is 2. The minimum Gasteiger partial charge on any atom is -0.399 e. The van der Waals surface area contributed by atoms with Gasteiger partial charge in [0.2, 0.25) is 11.8 Å². The number of benzene rings is 1. The van der Waals surface area contributed by atoms with Crippen molar-refractivity contribution in [3.05, 3.63) is 41.5 Å². The zero-order valence-electron chi connectivity index (χ0n) is 20.6. The van der Waals surface area contributed by atoms with Crippen molar-refractivity contribution in [2.45, 2.75) is 66.1 Å². The van der Waals surface area contributed by atoms with Gasteiger partial charge in [0.25, 0.3) is 0 Å². The Morgan fingerprint density at radius 1 is 1.30 bits per heavy atom. The zero-order chi connectivity index (χ0) is 24.5. The van der Waals surface area contributed by atoms with E-state index in [0.717, 1.165) is 17.5 Å². The molecule has 1 aromatic carbocycles. The Balaban J connectivity index is 1.84. The first-order valence-corrected chi connectivity index (χ1v) is 11.4. The number of likely N-dealkylation sites (tertiary alicyclic amines) is 1. The second-order valence-electron chi connectivity index (χ2n) is 10.0. The van der Waals surface area contributed by atoms with Crippen LogP contribution < -0.4 is 16.9 Å². The molecule has 5 N–H and O–H groups in total. The number of hydrogen-bond donors (Lipinski definition) is 3. The first-order valence-electron chi connectivity index (χ1n) is 11.4. The summed E-state index contributed by atoms with van der Waals surface area (Å²) in [4.78, 5) is 32.0. The van der Waals surface area contributed by atoms with Gasteiger partial charge in [-0.05, 0) is 55.4 Å². The van der Waals surface area contributed by atoms with Gasteiger partial charge in [-0.1, -0.05) is 20.8 Å². The van der Waals surface area contributed by atoms with Crippen LogP contribution in [0, 0.1) is 19.3 Å². The van der Waals surface area contributed by atoms with Crippen LogP contribution in [0.25, 0.3) is 11.0 Å². The molecule has 2 atom stereocenters. The van der Waals surface area contributed by atoms with Crippen molar-refractivity contribution in [3.8, 4) is 0 Å². The molecule has 0 bridgehead atoms. The molecule has 2 heterocycles. The van der Waals surface area contributed by atoms with Gasteiger partial charge in [-0.25, -0.2) is 10.8 Å². The molecule has 1 aliphatic heterocycles. The molecular formula is C24H37N7O2. The summed E-state index contributed by atoms with van der Waals surface area (Å²) < 4.78 is 1.97. The van der Waals surface area contributed by atoms with Gasteiger partial charge in [0.15, 0.2) is 0 Å². The summed E-state index contributed by atoms with van der Waals surface area (Å²) in [5.74, 6) is 6.10. The minimum atomic E-state index is -0.675. The number of aryl methyl sites for hydroxylation is 2. The Hall–Kier alpha value is -3.07. The molecule has 9 heteroatoms. The molecule has 2 unspecified atom stereocenters. The Labute approximate surface area is 195 Å². The fourth-order valence-electron chi connectivity index (χ4n) is 4.51. The van der Waals surface area contributed by atoms with E-state index in [1.807, 2.05) is 25.3 Å². The molecule has 0 spiro atoms. The molecule has 2 aromatic rings. The summed E-state index contributed by atoms with van der Waals surface area (Å²) in [6, 6.07) is 3.01. The van der Waals surface area contributed by atoms with Gasteiger partial charge >= 0.3 is 0 Å². The monoisotopic (exact) mass is 455 g/mol. The molecule has 0 saturated carbocycles. The van der Waals surface area contributed by atoms with Crippen LogP contribution in [-0.2, 0) is 16.1 Å². The first kappa shape index (κ1) is 24.6. The molecule has 1 saturated heterocycles. The van der Waals surface area contributed by atoms with Crippen molar-refractivity contribution < 1.29 is 9.59 Å². The Bertz CT molecular complexity index is 1070. The predicted octanol–water partition coefficient (Wildman–Crippen LogP) is 1.78. The van der Waals surface area contributed by atoms with Crippen molar-refractivity contribution >= 4 is 22.8 Å².